The van der Waals surface area contributed by atoms with Gasteiger partial charge in [-0.25, -0.2) is 4.79 Å². The molecule has 0 aliphatic heterocycles. The molecule has 0 radical (unpaired) electrons. The summed E-state index contributed by atoms with van der Waals surface area (Å²) in [5.41, 5.74) is 1.85. The zero-order valence-corrected chi connectivity index (χ0v) is 20.9. The van der Waals surface area contributed by atoms with E-state index >= 15 is 0 Å². The van der Waals surface area contributed by atoms with Gasteiger partial charge in [0, 0.05) is 18.7 Å². The van der Waals surface area contributed by atoms with Gasteiger partial charge in [0.25, 0.3) is 5.91 Å². The summed E-state index contributed by atoms with van der Waals surface area (Å²) in [7, 11) is 0. The van der Waals surface area contributed by atoms with E-state index in [0.29, 0.717) is 48.9 Å². The summed E-state index contributed by atoms with van der Waals surface area (Å²) in [6.45, 7) is 8.49. The van der Waals surface area contributed by atoms with Gasteiger partial charge in [0.1, 0.15) is 5.75 Å². The molecule has 0 fully saturated rings. The van der Waals surface area contributed by atoms with E-state index in [1.54, 1.807) is 43.3 Å². The Balaban J connectivity index is 1.88. The predicted octanol–water partition coefficient (Wildman–Crippen LogP) is 5.23. The molecule has 0 spiro atoms. The van der Waals surface area contributed by atoms with Crippen molar-refractivity contribution in [3.8, 4) is 5.75 Å². The lowest BCUT2D eigenvalue weighted by atomic mass is 10.2. The second-order valence-electron chi connectivity index (χ2n) is 7.63. The van der Waals surface area contributed by atoms with Gasteiger partial charge in [0.2, 0.25) is 0 Å². The molecule has 2 aromatic carbocycles. The van der Waals surface area contributed by atoms with E-state index in [1.807, 2.05) is 17.6 Å². The number of fused-ring (bicyclic) bond motifs is 1. The first-order valence-corrected chi connectivity index (χ1v) is 12.6. The summed E-state index contributed by atoms with van der Waals surface area (Å²) in [6.07, 6.45) is 3.29. The van der Waals surface area contributed by atoms with Gasteiger partial charge in [-0.3, -0.25) is 4.79 Å². The van der Waals surface area contributed by atoms with Crippen molar-refractivity contribution in [3.05, 3.63) is 58.4 Å². The number of thiazole rings is 1. The van der Waals surface area contributed by atoms with Gasteiger partial charge in [-0.15, -0.1) is 0 Å². The van der Waals surface area contributed by atoms with Gasteiger partial charge in [-0.05, 0) is 62.7 Å². The third kappa shape index (κ3) is 6.77. The van der Waals surface area contributed by atoms with E-state index in [-0.39, 0.29) is 11.9 Å². The van der Waals surface area contributed by atoms with Gasteiger partial charge < -0.3 is 18.8 Å². The third-order valence-corrected chi connectivity index (χ3v) is 6.21. The number of ether oxygens (including phenoxy) is 3. The first kappa shape index (κ1) is 25.6. The second-order valence-corrected chi connectivity index (χ2v) is 8.64. The molecule has 0 aliphatic rings. The predicted molar refractivity (Wildman–Crippen MR) is 134 cm³/mol. The number of nitrogens with zero attached hydrogens (tertiary/aromatic N) is 2. The van der Waals surface area contributed by atoms with E-state index in [9.17, 15) is 9.59 Å². The molecule has 3 aromatic rings. The molecule has 1 aromatic heterocycles. The van der Waals surface area contributed by atoms with Crippen LogP contribution >= 0.6 is 11.3 Å². The number of amides is 1. The molecule has 0 atom stereocenters. The number of unbranched alkanes of at least 4 members (excludes halogenated alkanes) is 2. The van der Waals surface area contributed by atoms with Crippen molar-refractivity contribution >= 4 is 33.4 Å². The number of hydrogen-bond donors (Lipinski definition) is 0. The number of aromatic nitrogens is 1. The van der Waals surface area contributed by atoms with E-state index in [2.05, 4.69) is 11.9 Å². The molecule has 0 unspecified atom stereocenters. The number of carbonyl (C=O) groups is 2. The minimum Gasteiger partial charge on any atom is -0.494 e. The van der Waals surface area contributed by atoms with Crippen molar-refractivity contribution in [2.45, 2.75) is 46.6 Å². The number of esters is 1. The Morgan fingerprint density at radius 3 is 2.41 bits per heavy atom. The van der Waals surface area contributed by atoms with Gasteiger partial charge >= 0.3 is 5.97 Å². The van der Waals surface area contributed by atoms with Crippen LogP contribution in [0.2, 0.25) is 0 Å². The fraction of sp³-hybridized carbons (Fsp3) is 0.423. The minimum atomic E-state index is -0.370. The van der Waals surface area contributed by atoms with Crippen molar-refractivity contribution in [1.29, 1.82) is 0 Å². The Bertz CT molecular complexity index is 1160. The molecule has 1 amide bonds. The lowest BCUT2D eigenvalue weighted by molar-refractivity contribution is 0.0526. The van der Waals surface area contributed by atoms with Crippen LogP contribution in [0.25, 0.3) is 10.2 Å². The molecular weight excluding hydrogens is 452 g/mol. The number of hydrogen-bond acceptors (Lipinski definition) is 6. The molecule has 182 valence electrons. The first-order chi connectivity index (χ1) is 16.6. The maximum absolute atomic E-state index is 12.9. The zero-order valence-electron chi connectivity index (χ0n) is 20.0. The molecule has 8 heteroatoms. The highest BCUT2D eigenvalue weighted by atomic mass is 32.1. The Hall–Kier alpha value is -2.97. The van der Waals surface area contributed by atoms with Crippen LogP contribution in [-0.2, 0) is 16.0 Å². The van der Waals surface area contributed by atoms with Crippen LogP contribution in [0.4, 0.5) is 0 Å². The average Bonchev–Trinajstić information content (AvgIpc) is 3.18. The highest BCUT2D eigenvalue weighted by Gasteiger charge is 2.13. The summed E-state index contributed by atoms with van der Waals surface area (Å²) in [4.78, 5) is 30.0. The SMILES string of the molecule is CCCCCOc1ccc(C(=O)N=c2sc3cc(C(=O)OCC)ccc3n2CCOCC)cc1. The Morgan fingerprint density at radius 1 is 0.941 bits per heavy atom. The molecule has 0 aliphatic carbocycles. The van der Waals surface area contributed by atoms with Crippen LogP contribution in [0.5, 0.6) is 5.75 Å². The minimum absolute atomic E-state index is 0.313. The number of rotatable bonds is 12. The topological polar surface area (TPSA) is 79.1 Å². The van der Waals surface area contributed by atoms with Gasteiger partial charge in [0.15, 0.2) is 4.80 Å². The molecular formula is C26H32N2O5S. The smallest absolute Gasteiger partial charge is 0.338 e. The quantitative estimate of drug-likeness (QED) is 0.260. The van der Waals surface area contributed by atoms with E-state index < -0.39 is 0 Å². The van der Waals surface area contributed by atoms with Crippen molar-refractivity contribution in [2.75, 3.05) is 26.4 Å². The van der Waals surface area contributed by atoms with Crippen LogP contribution in [-0.4, -0.2) is 42.9 Å². The summed E-state index contributed by atoms with van der Waals surface area (Å²) in [5, 5.41) is 0. The molecule has 0 bridgehead atoms. The van der Waals surface area contributed by atoms with Crippen LogP contribution in [0.15, 0.2) is 47.5 Å². The first-order valence-electron chi connectivity index (χ1n) is 11.8. The van der Waals surface area contributed by atoms with Crippen molar-refractivity contribution in [2.24, 2.45) is 4.99 Å². The standard InChI is InChI=1S/C26H32N2O5S/c1-4-7-8-16-33-21-12-9-19(10-13-21)24(29)27-26-28(15-17-31-5-2)22-14-11-20(18-23(22)34-26)25(30)32-6-3/h9-14,18H,4-8,15-17H2,1-3H3. The lowest BCUT2D eigenvalue weighted by Gasteiger charge is -2.07. The highest BCUT2D eigenvalue weighted by molar-refractivity contribution is 7.16. The molecule has 34 heavy (non-hydrogen) atoms. The molecule has 0 saturated carbocycles. The summed E-state index contributed by atoms with van der Waals surface area (Å²) >= 11 is 1.36. The molecule has 7 nitrogen and oxygen atoms in total. The number of benzene rings is 2. The Morgan fingerprint density at radius 2 is 1.71 bits per heavy atom. The monoisotopic (exact) mass is 484 g/mol. The fourth-order valence-corrected chi connectivity index (χ4v) is 4.50. The zero-order chi connectivity index (χ0) is 24.3. The normalized spacial score (nSPS) is 11.7. The Kier molecular flexibility index (Phi) is 9.85. The molecule has 0 saturated heterocycles. The van der Waals surface area contributed by atoms with Crippen LogP contribution < -0.4 is 9.54 Å². The van der Waals surface area contributed by atoms with Crippen LogP contribution in [0, 0.1) is 0 Å². The van der Waals surface area contributed by atoms with E-state index in [0.717, 1.165) is 35.2 Å². The van der Waals surface area contributed by atoms with Crippen LogP contribution in [0.3, 0.4) is 0 Å². The van der Waals surface area contributed by atoms with Crippen molar-refractivity contribution < 1.29 is 23.8 Å². The van der Waals surface area contributed by atoms with E-state index in [1.165, 1.54) is 11.3 Å². The summed E-state index contributed by atoms with van der Waals surface area (Å²) in [5.74, 6) is 0.0397. The second kappa shape index (κ2) is 13.1. The maximum atomic E-state index is 12.9. The molecule has 0 N–H and O–H groups in total. The van der Waals surface area contributed by atoms with E-state index in [4.69, 9.17) is 14.2 Å². The molecule has 3 rings (SSSR count). The molecule has 1 heterocycles. The number of carbonyl (C=O) groups excluding carboxylic acids is 2. The van der Waals surface area contributed by atoms with Crippen LogP contribution in [0.1, 0.15) is 60.7 Å². The summed E-state index contributed by atoms with van der Waals surface area (Å²) in [6, 6.07) is 12.4. The average molecular weight is 485 g/mol. The van der Waals surface area contributed by atoms with Crippen molar-refractivity contribution in [1.82, 2.24) is 4.57 Å². The fourth-order valence-electron chi connectivity index (χ4n) is 3.40. The largest absolute Gasteiger partial charge is 0.494 e. The van der Waals surface area contributed by atoms with Gasteiger partial charge in [-0.2, -0.15) is 4.99 Å². The maximum Gasteiger partial charge on any atom is 0.338 e. The van der Waals surface area contributed by atoms with Crippen molar-refractivity contribution in [3.63, 3.8) is 0 Å². The highest BCUT2D eigenvalue weighted by Crippen LogP contribution is 2.20. The van der Waals surface area contributed by atoms with Gasteiger partial charge in [-0.1, -0.05) is 31.1 Å². The Labute approximate surface area is 204 Å². The summed E-state index contributed by atoms with van der Waals surface area (Å²) < 4.78 is 19.2. The van der Waals surface area contributed by atoms with Gasteiger partial charge in [0.05, 0.1) is 35.6 Å². The lowest BCUT2D eigenvalue weighted by Crippen LogP contribution is -2.19. The third-order valence-electron chi connectivity index (χ3n) is 5.17.